The number of amides is 1. The zero-order valence-electron chi connectivity index (χ0n) is 14.3. The van der Waals surface area contributed by atoms with Gasteiger partial charge in [-0.1, -0.05) is 6.07 Å². The van der Waals surface area contributed by atoms with Crippen LogP contribution in [0.15, 0.2) is 46.7 Å². The van der Waals surface area contributed by atoms with E-state index in [4.69, 9.17) is 21.4 Å². The quantitative estimate of drug-likeness (QED) is 0.573. The van der Waals surface area contributed by atoms with Crippen molar-refractivity contribution in [3.05, 3.63) is 53.6 Å². The number of ether oxygens (including phenoxy) is 2. The van der Waals surface area contributed by atoms with Crippen LogP contribution in [0, 0.1) is 0 Å². The monoisotopic (exact) mass is 394 g/mol. The van der Waals surface area contributed by atoms with Gasteiger partial charge in [0.25, 0.3) is 5.91 Å². The number of hydrogen-bond donors (Lipinski definition) is 1. The lowest BCUT2D eigenvalue weighted by atomic mass is 10.1. The molecular weight excluding hydrogens is 378 g/mol. The van der Waals surface area contributed by atoms with Gasteiger partial charge in [0, 0.05) is 0 Å². The highest BCUT2D eigenvalue weighted by molar-refractivity contribution is 7.80. The Hall–Kier alpha value is -2.94. The molecule has 0 bridgehead atoms. The van der Waals surface area contributed by atoms with E-state index in [1.54, 1.807) is 31.2 Å². The third-order valence-electron chi connectivity index (χ3n) is 3.65. The number of hydrogen-bond acceptors (Lipinski definition) is 5. The van der Waals surface area contributed by atoms with E-state index < -0.39 is 6.61 Å². The Labute approximate surface area is 159 Å². The molecule has 142 valence electrons. The maximum Gasteiger partial charge on any atom is 0.387 e. The van der Waals surface area contributed by atoms with Crippen LogP contribution in [0.3, 0.4) is 0 Å². The molecule has 1 aromatic carbocycles. The number of carbonyl (C=O) groups excluding carboxylic acids is 1. The van der Waals surface area contributed by atoms with Gasteiger partial charge in [-0.15, -0.1) is 0 Å². The number of furan rings is 1. The number of nitrogens with zero attached hydrogens (tertiary/aromatic N) is 1. The summed E-state index contributed by atoms with van der Waals surface area (Å²) in [5, 5.41) is 3.10. The van der Waals surface area contributed by atoms with Crippen LogP contribution in [-0.2, 0) is 11.3 Å². The highest BCUT2D eigenvalue weighted by atomic mass is 32.1. The molecule has 1 fully saturated rings. The normalized spacial score (nSPS) is 15.6. The molecule has 0 unspecified atom stereocenters. The predicted molar refractivity (Wildman–Crippen MR) is 97.2 cm³/mol. The van der Waals surface area contributed by atoms with Gasteiger partial charge in [0.1, 0.15) is 11.5 Å². The lowest BCUT2D eigenvalue weighted by Gasteiger charge is -2.12. The van der Waals surface area contributed by atoms with Crippen molar-refractivity contribution in [3.63, 3.8) is 0 Å². The zero-order valence-corrected chi connectivity index (χ0v) is 15.1. The van der Waals surface area contributed by atoms with Crippen LogP contribution in [0.25, 0.3) is 6.08 Å². The molecule has 1 saturated heterocycles. The third kappa shape index (κ3) is 4.43. The second-order valence-electron chi connectivity index (χ2n) is 5.48. The fourth-order valence-electron chi connectivity index (χ4n) is 2.52. The van der Waals surface area contributed by atoms with Gasteiger partial charge in [0.05, 0.1) is 19.4 Å². The van der Waals surface area contributed by atoms with Crippen molar-refractivity contribution in [2.45, 2.75) is 20.1 Å². The first-order valence-corrected chi connectivity index (χ1v) is 8.47. The van der Waals surface area contributed by atoms with E-state index in [0.29, 0.717) is 11.3 Å². The van der Waals surface area contributed by atoms with Crippen molar-refractivity contribution in [2.75, 3.05) is 6.61 Å². The van der Waals surface area contributed by atoms with Crippen LogP contribution >= 0.6 is 12.2 Å². The first-order chi connectivity index (χ1) is 13.0. The molecule has 0 aliphatic carbocycles. The SMILES string of the molecule is CCOc1cc(/C=C2\NC(=S)N(Cc3ccco3)C2=O)ccc1OC(F)F. The summed E-state index contributed by atoms with van der Waals surface area (Å²) < 4.78 is 40.0. The molecule has 2 heterocycles. The Morgan fingerprint density at radius 1 is 1.33 bits per heavy atom. The van der Waals surface area contributed by atoms with Gasteiger partial charge in [0.2, 0.25) is 0 Å². The number of halogens is 2. The minimum atomic E-state index is -2.96. The summed E-state index contributed by atoms with van der Waals surface area (Å²) in [6, 6.07) is 7.89. The fourth-order valence-corrected chi connectivity index (χ4v) is 2.77. The maximum atomic E-state index is 12.6. The second-order valence-corrected chi connectivity index (χ2v) is 5.86. The molecule has 3 rings (SSSR count). The smallest absolute Gasteiger partial charge is 0.387 e. The Balaban J connectivity index is 1.82. The number of thiocarbonyl (C=S) groups is 1. The minimum absolute atomic E-state index is 0.0744. The van der Waals surface area contributed by atoms with Gasteiger partial charge >= 0.3 is 6.61 Å². The van der Waals surface area contributed by atoms with Crippen LogP contribution in [0.4, 0.5) is 8.78 Å². The van der Waals surface area contributed by atoms with Crippen molar-refractivity contribution in [3.8, 4) is 11.5 Å². The van der Waals surface area contributed by atoms with Crippen molar-refractivity contribution < 1.29 is 27.5 Å². The standard InChI is InChI=1S/C18H16F2N2O4S/c1-2-24-15-9-11(5-6-14(15)26-17(19)20)8-13-16(23)22(18(27)21-13)10-12-4-3-7-25-12/h3-9,17H,2,10H2,1H3,(H,21,27)/b13-8-. The maximum absolute atomic E-state index is 12.6. The van der Waals surface area contributed by atoms with E-state index in [1.807, 2.05) is 0 Å². The van der Waals surface area contributed by atoms with E-state index in [1.165, 1.54) is 23.3 Å². The minimum Gasteiger partial charge on any atom is -0.490 e. The van der Waals surface area contributed by atoms with Crippen LogP contribution < -0.4 is 14.8 Å². The molecule has 1 aliphatic rings. The topological polar surface area (TPSA) is 63.9 Å². The Morgan fingerprint density at radius 2 is 2.15 bits per heavy atom. The van der Waals surface area contributed by atoms with Crippen LogP contribution in [0.5, 0.6) is 11.5 Å². The Bertz CT molecular complexity index is 868. The van der Waals surface area contributed by atoms with E-state index in [0.717, 1.165) is 0 Å². The van der Waals surface area contributed by atoms with Gasteiger partial charge in [-0.2, -0.15) is 8.78 Å². The lowest BCUT2D eigenvalue weighted by Crippen LogP contribution is -2.29. The van der Waals surface area contributed by atoms with E-state index in [-0.39, 0.29) is 41.4 Å². The van der Waals surface area contributed by atoms with E-state index in [9.17, 15) is 13.6 Å². The van der Waals surface area contributed by atoms with Crippen molar-refractivity contribution >= 4 is 29.3 Å². The van der Waals surface area contributed by atoms with Crippen LogP contribution in [0.1, 0.15) is 18.2 Å². The highest BCUT2D eigenvalue weighted by Crippen LogP contribution is 2.31. The molecule has 9 heteroatoms. The Morgan fingerprint density at radius 3 is 2.81 bits per heavy atom. The van der Waals surface area contributed by atoms with Crippen molar-refractivity contribution in [2.24, 2.45) is 0 Å². The average Bonchev–Trinajstić information content (AvgIpc) is 3.21. The Kier molecular flexibility index (Phi) is 5.70. The molecule has 0 radical (unpaired) electrons. The first-order valence-electron chi connectivity index (χ1n) is 8.06. The molecule has 1 aliphatic heterocycles. The molecular formula is C18H16F2N2O4S. The van der Waals surface area contributed by atoms with E-state index in [2.05, 4.69) is 10.1 Å². The van der Waals surface area contributed by atoms with Gasteiger partial charge < -0.3 is 19.2 Å². The third-order valence-corrected chi connectivity index (χ3v) is 3.97. The molecule has 0 spiro atoms. The summed E-state index contributed by atoms with van der Waals surface area (Å²) in [5.41, 5.74) is 0.829. The first kappa shape index (κ1) is 18.8. The lowest BCUT2D eigenvalue weighted by molar-refractivity contribution is -0.122. The molecule has 1 amide bonds. The van der Waals surface area contributed by atoms with Gasteiger partial charge in [-0.3, -0.25) is 9.69 Å². The number of nitrogens with one attached hydrogen (secondary N) is 1. The average molecular weight is 394 g/mol. The summed E-state index contributed by atoms with van der Waals surface area (Å²) >= 11 is 5.20. The highest BCUT2D eigenvalue weighted by Gasteiger charge is 2.31. The van der Waals surface area contributed by atoms with Gasteiger partial charge in [-0.05, 0) is 55.0 Å². The summed E-state index contributed by atoms with van der Waals surface area (Å²) in [5.74, 6) is 0.366. The largest absolute Gasteiger partial charge is 0.490 e. The van der Waals surface area contributed by atoms with Crippen molar-refractivity contribution in [1.29, 1.82) is 0 Å². The predicted octanol–water partition coefficient (Wildman–Crippen LogP) is 3.54. The van der Waals surface area contributed by atoms with Crippen LogP contribution in [-0.4, -0.2) is 29.1 Å². The summed E-state index contributed by atoms with van der Waals surface area (Å²) in [4.78, 5) is 14.0. The summed E-state index contributed by atoms with van der Waals surface area (Å²) in [6.45, 7) is -0.748. The molecule has 0 saturated carbocycles. The molecule has 6 nitrogen and oxygen atoms in total. The number of alkyl halides is 2. The number of rotatable bonds is 7. The summed E-state index contributed by atoms with van der Waals surface area (Å²) in [6.07, 6.45) is 3.08. The summed E-state index contributed by atoms with van der Waals surface area (Å²) in [7, 11) is 0. The zero-order chi connectivity index (χ0) is 19.4. The molecule has 1 N–H and O–H groups in total. The number of carbonyl (C=O) groups is 1. The molecule has 1 aromatic heterocycles. The molecule has 2 aromatic rings. The van der Waals surface area contributed by atoms with Crippen LogP contribution in [0.2, 0.25) is 0 Å². The van der Waals surface area contributed by atoms with E-state index >= 15 is 0 Å². The molecule has 27 heavy (non-hydrogen) atoms. The van der Waals surface area contributed by atoms with Gasteiger partial charge in [0.15, 0.2) is 16.6 Å². The van der Waals surface area contributed by atoms with Gasteiger partial charge in [-0.25, -0.2) is 0 Å². The fraction of sp³-hybridized carbons (Fsp3) is 0.222. The second kappa shape index (κ2) is 8.17. The number of benzene rings is 1. The van der Waals surface area contributed by atoms with Crippen molar-refractivity contribution in [1.82, 2.24) is 10.2 Å². The molecule has 0 atom stereocenters.